The van der Waals surface area contributed by atoms with Gasteiger partial charge in [0.1, 0.15) is 18.3 Å². The summed E-state index contributed by atoms with van der Waals surface area (Å²) in [6.45, 7) is 0. The smallest absolute Gasteiger partial charge is 0.113 e. The molecule has 0 radical (unpaired) electrons. The minimum absolute atomic E-state index is 0.146. The van der Waals surface area contributed by atoms with E-state index in [9.17, 15) is 5.11 Å². The molecule has 0 aromatic heterocycles. The van der Waals surface area contributed by atoms with Crippen LogP contribution in [0.4, 0.5) is 0 Å². The normalized spacial score (nSPS) is 47.5. The predicted octanol–water partition coefficient (Wildman–Crippen LogP) is -3.55. The van der Waals surface area contributed by atoms with Crippen molar-refractivity contribution in [2.45, 2.75) is 36.5 Å². The molecule has 1 fully saturated rings. The number of rotatable bonds is 0. The van der Waals surface area contributed by atoms with Gasteiger partial charge in [0.15, 0.2) is 0 Å². The van der Waals surface area contributed by atoms with Gasteiger partial charge in [0.2, 0.25) is 0 Å². The molecule has 1 aliphatic carbocycles. The first-order chi connectivity index (χ1) is 5.36. The molecule has 4 atom stereocenters. The summed E-state index contributed by atoms with van der Waals surface area (Å²) in [4.78, 5) is 0. The van der Waals surface area contributed by atoms with Crippen molar-refractivity contribution in [3.8, 4) is 0 Å². The minimum atomic E-state index is -1.54. The fraction of sp³-hybridized carbons (Fsp3) is 1.00. The monoisotopic (exact) mass is 178 g/mol. The second kappa shape index (κ2) is 2.91. The molecule has 8 N–H and O–H groups in total. The number of aliphatic hydroxyl groups is 4. The number of hydrogen-bond acceptors (Lipinski definition) is 6. The lowest BCUT2D eigenvalue weighted by molar-refractivity contribution is -0.163. The molecule has 6 heteroatoms. The van der Waals surface area contributed by atoms with Crippen LogP contribution in [0.15, 0.2) is 0 Å². The van der Waals surface area contributed by atoms with Gasteiger partial charge in [-0.15, -0.1) is 0 Å². The third-order valence-electron chi connectivity index (χ3n) is 2.18. The Morgan fingerprint density at radius 3 is 2.00 bits per heavy atom. The van der Waals surface area contributed by atoms with Crippen LogP contribution < -0.4 is 11.5 Å². The fourth-order valence-corrected chi connectivity index (χ4v) is 1.34. The summed E-state index contributed by atoms with van der Waals surface area (Å²) in [5, 5.41) is 36.6. The molecule has 0 aromatic rings. The molecule has 0 spiro atoms. The van der Waals surface area contributed by atoms with Crippen molar-refractivity contribution in [2.24, 2.45) is 11.5 Å². The van der Waals surface area contributed by atoms with Crippen molar-refractivity contribution in [2.75, 3.05) is 0 Å². The summed E-state index contributed by atoms with van der Waals surface area (Å²) >= 11 is 0. The van der Waals surface area contributed by atoms with E-state index in [0.29, 0.717) is 0 Å². The molecule has 0 bridgehead atoms. The lowest BCUT2D eigenvalue weighted by atomic mass is 9.82. The Morgan fingerprint density at radius 1 is 1.00 bits per heavy atom. The summed E-state index contributed by atoms with van der Waals surface area (Å²) in [6, 6.07) is 0. The molecule has 1 aliphatic rings. The molecule has 12 heavy (non-hydrogen) atoms. The van der Waals surface area contributed by atoms with E-state index in [2.05, 4.69) is 0 Å². The van der Waals surface area contributed by atoms with Crippen molar-refractivity contribution >= 4 is 0 Å². The van der Waals surface area contributed by atoms with Gasteiger partial charge >= 0.3 is 0 Å². The zero-order valence-electron chi connectivity index (χ0n) is 6.46. The van der Waals surface area contributed by atoms with Gasteiger partial charge in [-0.05, 0) is 0 Å². The molecule has 4 unspecified atom stereocenters. The first-order valence-electron chi connectivity index (χ1n) is 3.66. The van der Waals surface area contributed by atoms with Gasteiger partial charge in [-0.25, -0.2) is 0 Å². The topological polar surface area (TPSA) is 133 Å². The zero-order chi connectivity index (χ0) is 9.52. The molecule has 0 heterocycles. The molecule has 6 nitrogen and oxygen atoms in total. The third-order valence-corrected chi connectivity index (χ3v) is 2.18. The molecule has 0 saturated heterocycles. The second-order valence-corrected chi connectivity index (χ2v) is 3.31. The maximum atomic E-state index is 9.22. The highest BCUT2D eigenvalue weighted by Crippen LogP contribution is 2.23. The van der Waals surface area contributed by atoms with Crippen molar-refractivity contribution in [3.05, 3.63) is 0 Å². The van der Waals surface area contributed by atoms with Gasteiger partial charge in [0.25, 0.3) is 0 Å². The molecule has 0 aliphatic heterocycles. The third kappa shape index (κ3) is 1.45. The van der Waals surface area contributed by atoms with E-state index in [1.807, 2.05) is 0 Å². The Morgan fingerprint density at radius 2 is 1.50 bits per heavy atom. The largest absolute Gasteiger partial charge is 0.390 e. The van der Waals surface area contributed by atoms with E-state index in [0.717, 1.165) is 0 Å². The second-order valence-electron chi connectivity index (χ2n) is 3.31. The van der Waals surface area contributed by atoms with Crippen LogP contribution >= 0.6 is 0 Å². The Bertz CT molecular complexity index is 175. The predicted molar refractivity (Wildman–Crippen MR) is 39.8 cm³/mol. The van der Waals surface area contributed by atoms with Crippen molar-refractivity contribution in [3.63, 3.8) is 0 Å². The summed E-state index contributed by atoms with van der Waals surface area (Å²) < 4.78 is 0. The van der Waals surface area contributed by atoms with E-state index in [1.54, 1.807) is 0 Å². The SMILES string of the molecule is NC1(N)CC(O)C(O)C(O)C1O. The van der Waals surface area contributed by atoms with Crippen LogP contribution in [-0.4, -0.2) is 50.5 Å². The van der Waals surface area contributed by atoms with Crippen molar-refractivity contribution in [1.82, 2.24) is 0 Å². The molecular weight excluding hydrogens is 164 g/mol. The van der Waals surface area contributed by atoms with Crippen LogP contribution in [0.25, 0.3) is 0 Å². The van der Waals surface area contributed by atoms with Crippen LogP contribution in [0, 0.1) is 0 Å². The van der Waals surface area contributed by atoms with Gasteiger partial charge in [-0.1, -0.05) is 0 Å². The van der Waals surface area contributed by atoms with Crippen LogP contribution in [0.5, 0.6) is 0 Å². The van der Waals surface area contributed by atoms with Crippen molar-refractivity contribution < 1.29 is 20.4 Å². The summed E-state index contributed by atoms with van der Waals surface area (Å²) in [5.74, 6) is 0. The van der Waals surface area contributed by atoms with Crippen molar-refractivity contribution in [1.29, 1.82) is 0 Å². The lowest BCUT2D eigenvalue weighted by Crippen LogP contribution is -2.71. The van der Waals surface area contributed by atoms with Crippen LogP contribution in [0.1, 0.15) is 6.42 Å². The van der Waals surface area contributed by atoms with E-state index in [1.165, 1.54) is 0 Å². The zero-order valence-corrected chi connectivity index (χ0v) is 6.46. The summed E-state index contributed by atoms with van der Waals surface area (Å²) in [5.41, 5.74) is 9.18. The van der Waals surface area contributed by atoms with Gasteiger partial charge < -0.3 is 31.9 Å². The van der Waals surface area contributed by atoms with E-state index in [-0.39, 0.29) is 6.42 Å². The molecule has 0 amide bonds. The van der Waals surface area contributed by atoms with E-state index >= 15 is 0 Å². The highest BCUT2D eigenvalue weighted by molar-refractivity contribution is 5.01. The average Bonchev–Trinajstić information content (AvgIpc) is 1.97. The summed E-state index contributed by atoms with van der Waals surface area (Å²) in [7, 11) is 0. The number of aliphatic hydroxyl groups excluding tert-OH is 4. The number of nitrogens with two attached hydrogens (primary N) is 2. The standard InChI is InChI=1S/C6H14N2O4/c7-6(8)1-2(9)3(10)4(11)5(6)12/h2-5,9-12H,1,7-8H2. The van der Waals surface area contributed by atoms with Gasteiger partial charge in [0, 0.05) is 6.42 Å². The van der Waals surface area contributed by atoms with Gasteiger partial charge in [-0.3, -0.25) is 0 Å². The first-order valence-corrected chi connectivity index (χ1v) is 3.66. The highest BCUT2D eigenvalue weighted by Gasteiger charge is 2.47. The average molecular weight is 178 g/mol. The highest BCUT2D eigenvalue weighted by atomic mass is 16.4. The Balaban J connectivity index is 2.78. The van der Waals surface area contributed by atoms with Crippen LogP contribution in [0.2, 0.25) is 0 Å². The molecular formula is C6H14N2O4. The molecule has 0 aromatic carbocycles. The summed E-state index contributed by atoms with van der Waals surface area (Å²) in [6.07, 6.45) is -5.65. The quantitative estimate of drug-likeness (QED) is 0.213. The maximum absolute atomic E-state index is 9.22. The first kappa shape index (κ1) is 9.85. The van der Waals surface area contributed by atoms with E-state index < -0.39 is 30.1 Å². The van der Waals surface area contributed by atoms with Crippen LogP contribution in [0.3, 0.4) is 0 Å². The van der Waals surface area contributed by atoms with Crippen LogP contribution in [-0.2, 0) is 0 Å². The Hall–Kier alpha value is -0.240. The van der Waals surface area contributed by atoms with Gasteiger partial charge in [-0.2, -0.15) is 0 Å². The molecule has 72 valence electrons. The number of hydrogen-bond donors (Lipinski definition) is 6. The fourth-order valence-electron chi connectivity index (χ4n) is 1.34. The molecule has 1 rings (SSSR count). The van der Waals surface area contributed by atoms with E-state index in [4.69, 9.17) is 26.8 Å². The minimum Gasteiger partial charge on any atom is -0.390 e. The van der Waals surface area contributed by atoms with Gasteiger partial charge in [0.05, 0.1) is 11.8 Å². The molecule has 1 saturated carbocycles. The lowest BCUT2D eigenvalue weighted by Gasteiger charge is -2.42. The Kier molecular flexibility index (Phi) is 2.39. The maximum Gasteiger partial charge on any atom is 0.113 e. The Labute approximate surface area is 69.4 Å².